The van der Waals surface area contributed by atoms with Gasteiger partial charge in [-0.1, -0.05) is 0 Å². The normalized spacial score (nSPS) is 20.1. The molecule has 1 aliphatic rings. The maximum atomic E-state index is 4.38. The van der Waals surface area contributed by atoms with E-state index in [2.05, 4.69) is 32.0 Å². The van der Waals surface area contributed by atoms with Gasteiger partial charge in [-0.25, -0.2) is 4.98 Å². The van der Waals surface area contributed by atoms with Crippen LogP contribution in [0, 0.1) is 6.92 Å². The molecule has 0 bridgehead atoms. The van der Waals surface area contributed by atoms with Gasteiger partial charge in [0.05, 0.1) is 12.4 Å². The minimum Gasteiger partial charge on any atom is -0.355 e. The predicted octanol–water partition coefficient (Wildman–Crippen LogP) is 1.89. The van der Waals surface area contributed by atoms with Gasteiger partial charge >= 0.3 is 0 Å². The maximum absolute atomic E-state index is 4.38. The largest absolute Gasteiger partial charge is 0.355 e. The van der Waals surface area contributed by atoms with Gasteiger partial charge in [-0.15, -0.1) is 0 Å². The molecule has 0 spiro atoms. The fraction of sp³-hybridized carbons (Fsp3) is 0.462. The van der Waals surface area contributed by atoms with Crippen molar-refractivity contribution < 1.29 is 0 Å². The lowest BCUT2D eigenvalue weighted by molar-refractivity contribution is 0.496. The molecule has 3 heterocycles. The molecular formula is C13H17N5. The number of aromatic amines is 1. The molecular weight excluding hydrogens is 226 g/mol. The molecule has 1 N–H and O–H groups in total. The number of piperidine rings is 1. The van der Waals surface area contributed by atoms with Crippen LogP contribution in [-0.4, -0.2) is 33.3 Å². The molecule has 0 aliphatic carbocycles. The summed E-state index contributed by atoms with van der Waals surface area (Å²) in [7, 11) is 0. The van der Waals surface area contributed by atoms with Gasteiger partial charge in [-0.2, -0.15) is 5.10 Å². The second-order valence-electron chi connectivity index (χ2n) is 4.82. The smallest absolute Gasteiger partial charge is 0.147 e. The Balaban J connectivity index is 1.79. The van der Waals surface area contributed by atoms with Crippen LogP contribution < -0.4 is 4.90 Å². The number of nitrogens with one attached hydrogen (secondary N) is 1. The topological polar surface area (TPSA) is 57.7 Å². The van der Waals surface area contributed by atoms with Crippen molar-refractivity contribution in [1.82, 2.24) is 20.2 Å². The van der Waals surface area contributed by atoms with Crippen LogP contribution in [0.4, 0.5) is 5.82 Å². The lowest BCUT2D eigenvalue weighted by atomic mass is 9.93. The molecule has 1 saturated heterocycles. The fourth-order valence-corrected chi connectivity index (χ4v) is 2.65. The van der Waals surface area contributed by atoms with Gasteiger partial charge in [0.1, 0.15) is 5.82 Å². The van der Waals surface area contributed by atoms with Crippen LogP contribution in [-0.2, 0) is 0 Å². The zero-order valence-electron chi connectivity index (χ0n) is 10.5. The molecule has 3 rings (SSSR count). The van der Waals surface area contributed by atoms with E-state index in [-0.39, 0.29) is 0 Å². The Bertz CT molecular complexity index is 507. The zero-order chi connectivity index (χ0) is 12.4. The summed E-state index contributed by atoms with van der Waals surface area (Å²) in [5, 5.41) is 7.26. The standard InChI is InChI=1S/C13H17N5/c1-10-7-16-17-13(10)11-3-2-6-18(9-11)12-8-14-4-5-15-12/h4-5,7-8,11H,2-3,6,9H2,1H3,(H,16,17)/t11-/m0/s1. The first-order chi connectivity index (χ1) is 8.84. The van der Waals surface area contributed by atoms with E-state index in [0.717, 1.165) is 18.9 Å². The van der Waals surface area contributed by atoms with E-state index in [1.807, 2.05) is 12.4 Å². The van der Waals surface area contributed by atoms with E-state index in [1.54, 1.807) is 12.4 Å². The van der Waals surface area contributed by atoms with Crippen molar-refractivity contribution >= 4 is 5.82 Å². The highest BCUT2D eigenvalue weighted by Gasteiger charge is 2.24. The van der Waals surface area contributed by atoms with Crippen LogP contribution in [0.3, 0.4) is 0 Å². The molecule has 5 heteroatoms. The van der Waals surface area contributed by atoms with Crippen molar-refractivity contribution in [2.75, 3.05) is 18.0 Å². The Kier molecular flexibility index (Phi) is 2.96. The van der Waals surface area contributed by atoms with Crippen molar-refractivity contribution in [3.05, 3.63) is 36.0 Å². The first-order valence-corrected chi connectivity index (χ1v) is 6.35. The van der Waals surface area contributed by atoms with Crippen molar-refractivity contribution in [3.63, 3.8) is 0 Å². The number of nitrogens with zero attached hydrogens (tertiary/aromatic N) is 4. The maximum Gasteiger partial charge on any atom is 0.147 e. The lowest BCUT2D eigenvalue weighted by Gasteiger charge is -2.33. The van der Waals surface area contributed by atoms with Gasteiger partial charge < -0.3 is 4.90 Å². The SMILES string of the molecule is Cc1cn[nH]c1[C@H]1CCCN(c2cnccn2)C1. The molecule has 1 atom stereocenters. The minimum atomic E-state index is 0.517. The number of anilines is 1. The van der Waals surface area contributed by atoms with Crippen molar-refractivity contribution in [2.45, 2.75) is 25.7 Å². The monoisotopic (exact) mass is 243 g/mol. The fourth-order valence-electron chi connectivity index (χ4n) is 2.65. The van der Waals surface area contributed by atoms with Crippen LogP contribution in [0.2, 0.25) is 0 Å². The summed E-state index contributed by atoms with van der Waals surface area (Å²) < 4.78 is 0. The van der Waals surface area contributed by atoms with Crippen molar-refractivity contribution in [2.24, 2.45) is 0 Å². The number of H-pyrrole nitrogens is 1. The van der Waals surface area contributed by atoms with Gasteiger partial charge in [-0.3, -0.25) is 10.1 Å². The van der Waals surface area contributed by atoms with E-state index >= 15 is 0 Å². The molecule has 0 aromatic carbocycles. The van der Waals surface area contributed by atoms with E-state index in [0.29, 0.717) is 5.92 Å². The number of aryl methyl sites for hydroxylation is 1. The summed E-state index contributed by atoms with van der Waals surface area (Å²) in [5.41, 5.74) is 2.52. The average Bonchev–Trinajstić information content (AvgIpc) is 2.86. The average molecular weight is 243 g/mol. The molecule has 0 saturated carbocycles. The van der Waals surface area contributed by atoms with Crippen LogP contribution in [0.5, 0.6) is 0 Å². The highest BCUT2D eigenvalue weighted by Crippen LogP contribution is 2.29. The number of hydrogen-bond donors (Lipinski definition) is 1. The Morgan fingerprint density at radius 2 is 2.28 bits per heavy atom. The second-order valence-corrected chi connectivity index (χ2v) is 4.82. The Morgan fingerprint density at radius 3 is 3.00 bits per heavy atom. The molecule has 94 valence electrons. The summed E-state index contributed by atoms with van der Waals surface area (Å²) in [6, 6.07) is 0. The molecule has 18 heavy (non-hydrogen) atoms. The summed E-state index contributed by atoms with van der Waals surface area (Å²) in [6.07, 6.45) is 9.59. The Morgan fingerprint density at radius 1 is 1.33 bits per heavy atom. The van der Waals surface area contributed by atoms with Crippen LogP contribution in [0.15, 0.2) is 24.8 Å². The number of rotatable bonds is 2. The van der Waals surface area contributed by atoms with E-state index in [9.17, 15) is 0 Å². The first kappa shape index (κ1) is 11.2. The summed E-state index contributed by atoms with van der Waals surface area (Å²) in [4.78, 5) is 10.8. The Hall–Kier alpha value is -1.91. The van der Waals surface area contributed by atoms with Crippen LogP contribution in [0.25, 0.3) is 0 Å². The predicted molar refractivity (Wildman–Crippen MR) is 69.5 cm³/mol. The molecule has 1 aliphatic heterocycles. The summed E-state index contributed by atoms with van der Waals surface area (Å²) in [6.45, 7) is 4.16. The van der Waals surface area contributed by atoms with Crippen LogP contribution in [0.1, 0.15) is 30.0 Å². The van der Waals surface area contributed by atoms with Gasteiger partial charge in [0, 0.05) is 37.1 Å². The van der Waals surface area contributed by atoms with Gasteiger partial charge in [0.2, 0.25) is 0 Å². The highest BCUT2D eigenvalue weighted by atomic mass is 15.2. The van der Waals surface area contributed by atoms with Crippen molar-refractivity contribution in [3.8, 4) is 0 Å². The van der Waals surface area contributed by atoms with E-state index in [1.165, 1.54) is 24.1 Å². The molecule has 2 aromatic heterocycles. The summed E-state index contributed by atoms with van der Waals surface area (Å²) >= 11 is 0. The van der Waals surface area contributed by atoms with Crippen LogP contribution >= 0.6 is 0 Å². The minimum absolute atomic E-state index is 0.517. The number of aromatic nitrogens is 4. The van der Waals surface area contributed by atoms with Gasteiger partial charge in [0.15, 0.2) is 0 Å². The quantitative estimate of drug-likeness (QED) is 0.875. The third-order valence-electron chi connectivity index (χ3n) is 3.57. The van der Waals surface area contributed by atoms with Crippen molar-refractivity contribution in [1.29, 1.82) is 0 Å². The third kappa shape index (κ3) is 2.08. The summed E-state index contributed by atoms with van der Waals surface area (Å²) in [5.74, 6) is 1.49. The molecule has 2 aromatic rings. The molecule has 5 nitrogen and oxygen atoms in total. The van der Waals surface area contributed by atoms with E-state index < -0.39 is 0 Å². The van der Waals surface area contributed by atoms with E-state index in [4.69, 9.17) is 0 Å². The third-order valence-corrected chi connectivity index (χ3v) is 3.57. The molecule has 0 amide bonds. The molecule has 0 unspecified atom stereocenters. The number of hydrogen-bond acceptors (Lipinski definition) is 4. The highest BCUT2D eigenvalue weighted by molar-refractivity contribution is 5.37. The molecule has 0 radical (unpaired) electrons. The zero-order valence-corrected chi connectivity index (χ0v) is 10.5. The lowest BCUT2D eigenvalue weighted by Crippen LogP contribution is -2.35. The molecule has 1 fully saturated rings. The Labute approximate surface area is 106 Å². The van der Waals surface area contributed by atoms with Gasteiger partial charge in [-0.05, 0) is 25.3 Å². The second kappa shape index (κ2) is 4.76. The first-order valence-electron chi connectivity index (χ1n) is 6.35. The van der Waals surface area contributed by atoms with Gasteiger partial charge in [0.25, 0.3) is 0 Å².